The van der Waals surface area contributed by atoms with Gasteiger partial charge in [-0.1, -0.05) is 29.8 Å². The molecule has 3 amide bonds. The van der Waals surface area contributed by atoms with Crippen molar-refractivity contribution in [2.75, 3.05) is 13.7 Å². The fourth-order valence-corrected chi connectivity index (χ4v) is 2.57. The molecule has 3 N–H and O–H groups in total. The van der Waals surface area contributed by atoms with Crippen LogP contribution in [0.15, 0.2) is 42.5 Å². The topological polar surface area (TPSA) is 79.5 Å². The maximum absolute atomic E-state index is 12.8. The van der Waals surface area contributed by atoms with Crippen LogP contribution < -0.4 is 20.7 Å². The van der Waals surface area contributed by atoms with E-state index in [1.54, 1.807) is 19.2 Å². The molecule has 0 heterocycles. The van der Waals surface area contributed by atoms with Crippen LogP contribution in [0, 0.1) is 12.7 Å². The van der Waals surface area contributed by atoms with Crippen LogP contribution in [-0.2, 0) is 11.3 Å². The van der Waals surface area contributed by atoms with E-state index in [2.05, 4.69) is 16.0 Å². The Morgan fingerprint density at radius 2 is 1.81 bits per heavy atom. The second-order valence-corrected chi connectivity index (χ2v) is 6.20. The smallest absolute Gasteiger partial charge is 0.315 e. The highest BCUT2D eigenvalue weighted by Crippen LogP contribution is 2.25. The Bertz CT molecular complexity index is 794. The van der Waals surface area contributed by atoms with Crippen LogP contribution in [0.25, 0.3) is 0 Å². The molecular weight excluding hydrogens is 349 g/mol. The van der Waals surface area contributed by atoms with Crippen molar-refractivity contribution in [2.24, 2.45) is 0 Å². The minimum Gasteiger partial charge on any atom is -0.496 e. The Labute approximate surface area is 158 Å². The molecule has 2 aromatic rings. The second-order valence-electron chi connectivity index (χ2n) is 6.20. The Morgan fingerprint density at radius 1 is 1.11 bits per heavy atom. The summed E-state index contributed by atoms with van der Waals surface area (Å²) in [5.74, 6) is 0.0422. The molecule has 1 unspecified atom stereocenters. The van der Waals surface area contributed by atoms with Gasteiger partial charge in [-0.15, -0.1) is 0 Å². The number of hydrogen-bond acceptors (Lipinski definition) is 3. The van der Waals surface area contributed by atoms with Crippen molar-refractivity contribution in [3.8, 4) is 5.75 Å². The number of urea groups is 1. The quantitative estimate of drug-likeness (QED) is 0.698. The number of methoxy groups -OCH3 is 1. The van der Waals surface area contributed by atoms with Crippen molar-refractivity contribution in [1.29, 1.82) is 0 Å². The van der Waals surface area contributed by atoms with Crippen LogP contribution in [0.5, 0.6) is 5.75 Å². The van der Waals surface area contributed by atoms with Gasteiger partial charge in [-0.3, -0.25) is 4.79 Å². The third kappa shape index (κ3) is 6.29. The lowest BCUT2D eigenvalue weighted by atomic mass is 10.0. The summed E-state index contributed by atoms with van der Waals surface area (Å²) in [6, 6.07) is 10.8. The molecule has 0 aliphatic heterocycles. The number of rotatable bonds is 7. The Kier molecular flexibility index (Phi) is 7.16. The molecule has 0 aliphatic rings. The number of halogens is 1. The number of hydrogen-bond donors (Lipinski definition) is 3. The minimum atomic E-state index is -0.477. The van der Waals surface area contributed by atoms with Gasteiger partial charge in [-0.2, -0.15) is 0 Å². The normalized spacial score (nSPS) is 11.4. The first-order valence-corrected chi connectivity index (χ1v) is 8.59. The van der Waals surface area contributed by atoms with Gasteiger partial charge in [0.05, 0.1) is 19.7 Å². The largest absolute Gasteiger partial charge is 0.496 e. The summed E-state index contributed by atoms with van der Waals surface area (Å²) in [6.07, 6.45) is 0. The van der Waals surface area contributed by atoms with Gasteiger partial charge in [0.25, 0.3) is 0 Å². The standard InChI is InChI=1S/C20H24FN3O3/c1-13-4-9-18(27-3)17(10-13)14(2)24-19(25)12-23-20(26)22-11-15-5-7-16(21)8-6-15/h4-10,14H,11-12H2,1-3H3,(H,24,25)(H2,22,23,26). The van der Waals surface area contributed by atoms with E-state index in [9.17, 15) is 14.0 Å². The monoisotopic (exact) mass is 373 g/mol. The van der Waals surface area contributed by atoms with Crippen LogP contribution >= 0.6 is 0 Å². The van der Waals surface area contributed by atoms with E-state index < -0.39 is 6.03 Å². The van der Waals surface area contributed by atoms with Gasteiger partial charge in [0.2, 0.25) is 5.91 Å². The van der Waals surface area contributed by atoms with Crippen molar-refractivity contribution in [3.05, 3.63) is 65.0 Å². The fraction of sp³-hybridized carbons (Fsp3) is 0.300. The predicted molar refractivity (Wildman–Crippen MR) is 101 cm³/mol. The molecule has 2 aromatic carbocycles. The van der Waals surface area contributed by atoms with Gasteiger partial charge in [0.15, 0.2) is 0 Å². The SMILES string of the molecule is COc1ccc(C)cc1C(C)NC(=O)CNC(=O)NCc1ccc(F)cc1. The van der Waals surface area contributed by atoms with E-state index in [4.69, 9.17) is 4.74 Å². The summed E-state index contributed by atoms with van der Waals surface area (Å²) in [7, 11) is 1.58. The lowest BCUT2D eigenvalue weighted by molar-refractivity contribution is -0.120. The third-order valence-electron chi connectivity index (χ3n) is 4.01. The maximum Gasteiger partial charge on any atom is 0.315 e. The van der Waals surface area contributed by atoms with Gasteiger partial charge in [0, 0.05) is 12.1 Å². The first-order chi connectivity index (χ1) is 12.9. The zero-order valence-corrected chi connectivity index (χ0v) is 15.6. The van der Waals surface area contributed by atoms with Gasteiger partial charge >= 0.3 is 6.03 Å². The summed E-state index contributed by atoms with van der Waals surface area (Å²) in [5, 5.41) is 7.94. The van der Waals surface area contributed by atoms with Gasteiger partial charge < -0.3 is 20.7 Å². The minimum absolute atomic E-state index is 0.159. The molecule has 0 aliphatic carbocycles. The lowest BCUT2D eigenvalue weighted by Gasteiger charge is -2.18. The molecule has 2 rings (SSSR count). The Morgan fingerprint density at radius 3 is 2.48 bits per heavy atom. The fourth-order valence-electron chi connectivity index (χ4n) is 2.57. The van der Waals surface area contributed by atoms with E-state index in [0.717, 1.165) is 16.7 Å². The summed E-state index contributed by atoms with van der Waals surface area (Å²) in [6.45, 7) is 3.90. The number of ether oxygens (including phenoxy) is 1. The molecule has 0 fully saturated rings. The molecule has 1 atom stereocenters. The summed E-state index contributed by atoms with van der Waals surface area (Å²) in [4.78, 5) is 23.9. The number of aryl methyl sites for hydroxylation is 1. The number of carbonyl (C=O) groups excluding carboxylic acids is 2. The molecule has 0 saturated carbocycles. The van der Waals surface area contributed by atoms with E-state index in [1.807, 2.05) is 32.0 Å². The summed E-state index contributed by atoms with van der Waals surface area (Å²) >= 11 is 0. The summed E-state index contributed by atoms with van der Waals surface area (Å²) in [5.41, 5.74) is 2.69. The van der Waals surface area contributed by atoms with E-state index in [-0.39, 0.29) is 30.9 Å². The Hall–Kier alpha value is -3.09. The van der Waals surface area contributed by atoms with E-state index >= 15 is 0 Å². The second kappa shape index (κ2) is 9.56. The molecule has 7 heteroatoms. The van der Waals surface area contributed by atoms with Gasteiger partial charge in [-0.25, -0.2) is 9.18 Å². The maximum atomic E-state index is 12.8. The molecule has 0 aromatic heterocycles. The van der Waals surface area contributed by atoms with Gasteiger partial charge in [-0.05, 0) is 37.6 Å². The molecule has 27 heavy (non-hydrogen) atoms. The summed E-state index contributed by atoms with van der Waals surface area (Å²) < 4.78 is 18.2. The van der Waals surface area contributed by atoms with Crippen molar-refractivity contribution < 1.29 is 18.7 Å². The molecule has 144 valence electrons. The average molecular weight is 373 g/mol. The van der Waals surface area contributed by atoms with Crippen LogP contribution in [-0.4, -0.2) is 25.6 Å². The first kappa shape index (κ1) is 20.2. The third-order valence-corrected chi connectivity index (χ3v) is 4.01. The van der Waals surface area contributed by atoms with Crippen molar-refractivity contribution >= 4 is 11.9 Å². The highest BCUT2D eigenvalue weighted by molar-refractivity contribution is 5.84. The van der Waals surface area contributed by atoms with Crippen LogP contribution in [0.3, 0.4) is 0 Å². The molecule has 6 nitrogen and oxygen atoms in total. The zero-order valence-electron chi connectivity index (χ0n) is 15.6. The van der Waals surface area contributed by atoms with Crippen LogP contribution in [0.4, 0.5) is 9.18 Å². The predicted octanol–water partition coefficient (Wildman–Crippen LogP) is 2.82. The highest BCUT2D eigenvalue weighted by Gasteiger charge is 2.14. The lowest BCUT2D eigenvalue weighted by Crippen LogP contribution is -2.42. The molecular formula is C20H24FN3O3. The number of nitrogens with one attached hydrogen (secondary N) is 3. The molecule has 0 saturated heterocycles. The number of carbonyl (C=O) groups is 2. The van der Waals surface area contributed by atoms with Crippen LogP contribution in [0.1, 0.15) is 29.7 Å². The van der Waals surface area contributed by atoms with Crippen molar-refractivity contribution in [1.82, 2.24) is 16.0 Å². The Balaban J connectivity index is 1.79. The van der Waals surface area contributed by atoms with E-state index in [1.165, 1.54) is 12.1 Å². The van der Waals surface area contributed by atoms with E-state index in [0.29, 0.717) is 5.75 Å². The first-order valence-electron chi connectivity index (χ1n) is 8.59. The highest BCUT2D eigenvalue weighted by atomic mass is 19.1. The van der Waals surface area contributed by atoms with Gasteiger partial charge in [0.1, 0.15) is 11.6 Å². The molecule has 0 bridgehead atoms. The van der Waals surface area contributed by atoms with Crippen molar-refractivity contribution in [3.63, 3.8) is 0 Å². The number of benzene rings is 2. The van der Waals surface area contributed by atoms with Crippen LogP contribution in [0.2, 0.25) is 0 Å². The number of amides is 3. The molecule has 0 spiro atoms. The molecule has 0 radical (unpaired) electrons. The van der Waals surface area contributed by atoms with Crippen molar-refractivity contribution in [2.45, 2.75) is 26.4 Å². The average Bonchev–Trinajstić information content (AvgIpc) is 2.65. The zero-order chi connectivity index (χ0) is 19.8.